The van der Waals surface area contributed by atoms with Crippen molar-refractivity contribution in [1.82, 2.24) is 5.32 Å². The standard InChI is InChI=1S/C14H13FN2OS/c1-17-14(18)9-2-7-13(12(16)8-9)19-11-5-3-10(15)4-6-11/h2-8H,16H2,1H3,(H,17,18). The lowest BCUT2D eigenvalue weighted by Crippen LogP contribution is -2.17. The van der Waals surface area contributed by atoms with Crippen LogP contribution in [0.1, 0.15) is 10.4 Å². The number of carbonyl (C=O) groups excluding carboxylic acids is 1. The summed E-state index contributed by atoms with van der Waals surface area (Å²) in [6.07, 6.45) is 0. The van der Waals surface area contributed by atoms with E-state index in [-0.39, 0.29) is 11.7 Å². The van der Waals surface area contributed by atoms with Crippen molar-refractivity contribution >= 4 is 23.4 Å². The number of nitrogens with one attached hydrogen (secondary N) is 1. The Labute approximate surface area is 115 Å². The Balaban J connectivity index is 2.22. The summed E-state index contributed by atoms with van der Waals surface area (Å²) >= 11 is 1.43. The maximum Gasteiger partial charge on any atom is 0.251 e. The van der Waals surface area contributed by atoms with Gasteiger partial charge in [0.05, 0.1) is 0 Å². The lowest BCUT2D eigenvalue weighted by molar-refractivity contribution is 0.0963. The van der Waals surface area contributed by atoms with E-state index in [1.54, 1.807) is 37.4 Å². The quantitative estimate of drug-likeness (QED) is 0.847. The molecule has 0 heterocycles. The Kier molecular flexibility index (Phi) is 4.06. The second kappa shape index (κ2) is 5.75. The van der Waals surface area contributed by atoms with Crippen molar-refractivity contribution in [2.75, 3.05) is 12.8 Å². The summed E-state index contributed by atoms with van der Waals surface area (Å²) in [5, 5.41) is 2.54. The first kappa shape index (κ1) is 13.4. The van der Waals surface area contributed by atoms with Gasteiger partial charge in [-0.05, 0) is 42.5 Å². The number of hydrogen-bond acceptors (Lipinski definition) is 3. The van der Waals surface area contributed by atoms with Gasteiger partial charge in [0, 0.05) is 28.1 Å². The van der Waals surface area contributed by atoms with Crippen LogP contribution in [-0.4, -0.2) is 13.0 Å². The molecule has 5 heteroatoms. The average Bonchev–Trinajstić information content (AvgIpc) is 2.42. The molecule has 0 fully saturated rings. The van der Waals surface area contributed by atoms with Crippen LogP contribution in [-0.2, 0) is 0 Å². The second-order valence-electron chi connectivity index (χ2n) is 3.89. The summed E-state index contributed by atoms with van der Waals surface area (Å²) in [7, 11) is 1.57. The number of nitrogen functional groups attached to an aromatic ring is 1. The minimum absolute atomic E-state index is 0.176. The summed E-state index contributed by atoms with van der Waals surface area (Å²) in [6, 6.07) is 11.3. The van der Waals surface area contributed by atoms with E-state index in [9.17, 15) is 9.18 Å². The predicted molar refractivity (Wildman–Crippen MR) is 74.8 cm³/mol. The molecule has 1 amide bonds. The SMILES string of the molecule is CNC(=O)c1ccc(Sc2ccc(F)cc2)c(N)c1. The molecular formula is C14H13FN2OS. The number of halogens is 1. The maximum absolute atomic E-state index is 12.8. The third-order valence-corrected chi connectivity index (χ3v) is 3.64. The van der Waals surface area contributed by atoms with Crippen LogP contribution in [0.2, 0.25) is 0 Å². The molecule has 2 aromatic carbocycles. The van der Waals surface area contributed by atoms with Gasteiger partial charge < -0.3 is 11.1 Å². The highest BCUT2D eigenvalue weighted by Crippen LogP contribution is 2.32. The molecule has 0 bridgehead atoms. The molecule has 0 unspecified atom stereocenters. The zero-order valence-corrected chi connectivity index (χ0v) is 11.1. The smallest absolute Gasteiger partial charge is 0.251 e. The van der Waals surface area contributed by atoms with E-state index in [0.29, 0.717) is 11.3 Å². The van der Waals surface area contributed by atoms with Gasteiger partial charge in [0.25, 0.3) is 5.91 Å². The fourth-order valence-corrected chi connectivity index (χ4v) is 2.40. The second-order valence-corrected chi connectivity index (χ2v) is 5.00. The Morgan fingerprint density at radius 3 is 2.47 bits per heavy atom. The van der Waals surface area contributed by atoms with Crippen molar-refractivity contribution in [3.8, 4) is 0 Å². The van der Waals surface area contributed by atoms with Gasteiger partial charge in [-0.1, -0.05) is 11.8 Å². The lowest BCUT2D eigenvalue weighted by atomic mass is 10.2. The molecule has 19 heavy (non-hydrogen) atoms. The molecule has 3 N–H and O–H groups in total. The van der Waals surface area contributed by atoms with E-state index >= 15 is 0 Å². The predicted octanol–water partition coefficient (Wildman–Crippen LogP) is 2.92. The maximum atomic E-state index is 12.8. The monoisotopic (exact) mass is 276 g/mol. The van der Waals surface area contributed by atoms with Crippen LogP contribution < -0.4 is 11.1 Å². The molecule has 0 radical (unpaired) electrons. The molecule has 2 rings (SSSR count). The van der Waals surface area contributed by atoms with Gasteiger partial charge in [0.15, 0.2) is 0 Å². The molecule has 0 aromatic heterocycles. The Morgan fingerprint density at radius 2 is 1.89 bits per heavy atom. The molecule has 0 saturated heterocycles. The van der Waals surface area contributed by atoms with Crippen LogP contribution >= 0.6 is 11.8 Å². The van der Waals surface area contributed by atoms with E-state index in [2.05, 4.69) is 5.32 Å². The van der Waals surface area contributed by atoms with Crippen LogP contribution in [0.25, 0.3) is 0 Å². The first-order valence-electron chi connectivity index (χ1n) is 5.65. The molecule has 98 valence electrons. The molecule has 0 saturated carbocycles. The number of hydrogen-bond donors (Lipinski definition) is 2. The van der Waals surface area contributed by atoms with Gasteiger partial charge in [-0.25, -0.2) is 4.39 Å². The highest BCUT2D eigenvalue weighted by Gasteiger charge is 2.07. The van der Waals surface area contributed by atoms with Gasteiger partial charge in [0.2, 0.25) is 0 Å². The van der Waals surface area contributed by atoms with Crippen LogP contribution in [0.5, 0.6) is 0 Å². The average molecular weight is 276 g/mol. The van der Waals surface area contributed by atoms with Crippen LogP contribution in [0.3, 0.4) is 0 Å². The van der Waals surface area contributed by atoms with Crippen LogP contribution in [0.4, 0.5) is 10.1 Å². The molecule has 3 nitrogen and oxygen atoms in total. The zero-order valence-electron chi connectivity index (χ0n) is 10.3. The van der Waals surface area contributed by atoms with E-state index < -0.39 is 0 Å². The lowest BCUT2D eigenvalue weighted by Gasteiger charge is -2.07. The summed E-state index contributed by atoms with van der Waals surface area (Å²) in [5.74, 6) is -0.447. The number of rotatable bonds is 3. The van der Waals surface area contributed by atoms with Crippen molar-refractivity contribution in [1.29, 1.82) is 0 Å². The minimum atomic E-state index is -0.271. The highest BCUT2D eigenvalue weighted by atomic mass is 32.2. The van der Waals surface area contributed by atoms with Crippen molar-refractivity contribution in [2.24, 2.45) is 0 Å². The Bertz CT molecular complexity index is 599. The number of carbonyl (C=O) groups is 1. The number of nitrogens with two attached hydrogens (primary N) is 1. The van der Waals surface area contributed by atoms with Crippen LogP contribution in [0.15, 0.2) is 52.3 Å². The van der Waals surface area contributed by atoms with E-state index in [4.69, 9.17) is 5.73 Å². The van der Waals surface area contributed by atoms with Gasteiger partial charge in [0.1, 0.15) is 5.82 Å². The van der Waals surface area contributed by atoms with Crippen molar-refractivity contribution in [3.05, 3.63) is 53.8 Å². The van der Waals surface area contributed by atoms with Gasteiger partial charge in [-0.2, -0.15) is 0 Å². The number of amides is 1. The largest absolute Gasteiger partial charge is 0.398 e. The first-order chi connectivity index (χ1) is 9.10. The summed E-state index contributed by atoms with van der Waals surface area (Å²) < 4.78 is 12.8. The van der Waals surface area contributed by atoms with Gasteiger partial charge >= 0.3 is 0 Å². The van der Waals surface area contributed by atoms with Crippen molar-refractivity contribution in [3.63, 3.8) is 0 Å². The van der Waals surface area contributed by atoms with E-state index in [1.807, 2.05) is 0 Å². The molecule has 2 aromatic rings. The minimum Gasteiger partial charge on any atom is -0.398 e. The number of benzene rings is 2. The fourth-order valence-electron chi connectivity index (χ4n) is 1.56. The topological polar surface area (TPSA) is 55.1 Å². The highest BCUT2D eigenvalue weighted by molar-refractivity contribution is 7.99. The van der Waals surface area contributed by atoms with E-state index in [0.717, 1.165) is 9.79 Å². The molecule has 0 spiro atoms. The van der Waals surface area contributed by atoms with E-state index in [1.165, 1.54) is 23.9 Å². The fraction of sp³-hybridized carbons (Fsp3) is 0.0714. The molecule has 0 aliphatic rings. The van der Waals surface area contributed by atoms with Crippen molar-refractivity contribution in [2.45, 2.75) is 9.79 Å². The first-order valence-corrected chi connectivity index (χ1v) is 6.47. The summed E-state index contributed by atoms with van der Waals surface area (Å²) in [5.41, 5.74) is 6.96. The molecule has 0 aliphatic heterocycles. The van der Waals surface area contributed by atoms with Crippen molar-refractivity contribution < 1.29 is 9.18 Å². The zero-order chi connectivity index (χ0) is 13.8. The Morgan fingerprint density at radius 1 is 1.21 bits per heavy atom. The Hall–Kier alpha value is -2.01. The summed E-state index contributed by atoms with van der Waals surface area (Å²) in [4.78, 5) is 13.2. The third kappa shape index (κ3) is 3.26. The normalized spacial score (nSPS) is 10.2. The number of anilines is 1. The molecule has 0 aliphatic carbocycles. The van der Waals surface area contributed by atoms with Crippen LogP contribution in [0, 0.1) is 5.82 Å². The van der Waals surface area contributed by atoms with Gasteiger partial charge in [-0.15, -0.1) is 0 Å². The van der Waals surface area contributed by atoms with Gasteiger partial charge in [-0.3, -0.25) is 4.79 Å². The third-order valence-electron chi connectivity index (χ3n) is 2.54. The molecular weight excluding hydrogens is 263 g/mol. The molecule has 0 atom stereocenters. The summed E-state index contributed by atoms with van der Waals surface area (Å²) in [6.45, 7) is 0.